The second-order valence-corrected chi connectivity index (χ2v) is 12.8. The average molecular weight is 528 g/mol. The lowest BCUT2D eigenvalue weighted by Crippen LogP contribution is -2.60. The van der Waals surface area contributed by atoms with Crippen molar-refractivity contribution in [3.63, 3.8) is 0 Å². The van der Waals surface area contributed by atoms with Crippen LogP contribution in [0.1, 0.15) is 31.9 Å². The number of fused-ring (bicyclic) bond motifs is 4. The van der Waals surface area contributed by atoms with Gasteiger partial charge in [-0.25, -0.2) is 0 Å². The summed E-state index contributed by atoms with van der Waals surface area (Å²) in [6, 6.07) is 5.35. The maximum absolute atomic E-state index is 13.1. The number of pyridine rings is 1. The highest BCUT2D eigenvalue weighted by molar-refractivity contribution is 6.68. The van der Waals surface area contributed by atoms with E-state index in [9.17, 15) is 9.59 Å². The minimum absolute atomic E-state index is 0.0138. The summed E-state index contributed by atoms with van der Waals surface area (Å²) >= 11 is 30.7. The molecule has 1 saturated heterocycles. The molecule has 1 saturated carbocycles. The Labute approximate surface area is 206 Å². The fraction of sp³-hybridized carbons (Fsp3) is 0.619. The van der Waals surface area contributed by atoms with Gasteiger partial charge in [-0.05, 0) is 35.8 Å². The highest BCUT2D eigenvalue weighted by Gasteiger charge is 2.61. The van der Waals surface area contributed by atoms with Crippen molar-refractivity contribution in [2.24, 2.45) is 23.2 Å². The number of allylic oxidation sites excluding steroid dienone is 1. The lowest BCUT2D eigenvalue weighted by molar-refractivity contribution is -0.125. The van der Waals surface area contributed by atoms with Gasteiger partial charge in [0, 0.05) is 37.3 Å². The fourth-order valence-electron chi connectivity index (χ4n) is 5.37. The van der Waals surface area contributed by atoms with E-state index in [2.05, 4.69) is 5.32 Å². The van der Waals surface area contributed by atoms with Crippen LogP contribution in [-0.4, -0.2) is 38.4 Å². The number of likely N-dealkylation sites (tertiary alicyclic amines) is 1. The molecule has 0 radical (unpaired) electrons. The van der Waals surface area contributed by atoms with Crippen LogP contribution in [0.25, 0.3) is 0 Å². The SMILES string of the molecule is CC1(C)[C@H](C=C(Cl)Cl)[C@H]1C(=O)N[C@@H](N1C[C@@H]2C[C@H](C1)c1cccc(=O)n1C2)C(Cl)(Cl)Cl. The van der Waals surface area contributed by atoms with E-state index >= 15 is 0 Å². The minimum atomic E-state index is -1.72. The number of halogens is 5. The normalized spacial score (nSPS) is 30.2. The Balaban J connectivity index is 1.54. The molecule has 3 aliphatic rings. The summed E-state index contributed by atoms with van der Waals surface area (Å²) in [5, 5.41) is 2.98. The zero-order valence-electron chi connectivity index (χ0n) is 17.1. The minimum Gasteiger partial charge on any atom is -0.336 e. The molecular formula is C21H24Cl5N3O2. The highest BCUT2D eigenvalue weighted by atomic mass is 35.6. The molecule has 2 aliphatic heterocycles. The standard InChI is InChI=1S/C21H24Cl5N3O2/c1-20(2)13(7-15(22)23)17(20)18(31)27-19(21(24,25)26)28-8-11-6-12(10-28)14-4-3-5-16(30)29(14)9-11/h3-5,7,11-13,17,19H,6,8-10H2,1-2H3,(H,27,31)/t11-,12+,13+,17-,19-/m0/s1. The van der Waals surface area contributed by atoms with Crippen LogP contribution in [0.5, 0.6) is 0 Å². The number of aromatic nitrogens is 1. The molecule has 31 heavy (non-hydrogen) atoms. The smallest absolute Gasteiger partial charge is 0.250 e. The Hall–Kier alpha value is -0.430. The van der Waals surface area contributed by atoms with Crippen molar-refractivity contribution in [2.45, 2.75) is 42.7 Å². The summed E-state index contributed by atoms with van der Waals surface area (Å²) in [6.45, 7) is 5.81. The van der Waals surface area contributed by atoms with E-state index in [1.807, 2.05) is 29.4 Å². The number of nitrogens with zero attached hydrogens (tertiary/aromatic N) is 2. The van der Waals surface area contributed by atoms with Crippen LogP contribution in [0.4, 0.5) is 0 Å². The lowest BCUT2D eigenvalue weighted by atomic mass is 9.83. The number of nitrogens with one attached hydrogen (secondary N) is 1. The molecule has 10 heteroatoms. The number of rotatable bonds is 4. The van der Waals surface area contributed by atoms with Crippen LogP contribution in [0.2, 0.25) is 0 Å². The van der Waals surface area contributed by atoms with Gasteiger partial charge in [0.2, 0.25) is 9.70 Å². The van der Waals surface area contributed by atoms with Crippen molar-refractivity contribution in [2.75, 3.05) is 13.1 Å². The number of alkyl halides is 3. The molecule has 1 aromatic heterocycles. The zero-order chi connectivity index (χ0) is 22.7. The van der Waals surface area contributed by atoms with Crippen LogP contribution in [0, 0.1) is 23.2 Å². The van der Waals surface area contributed by atoms with Crippen LogP contribution in [0.15, 0.2) is 33.6 Å². The molecule has 2 bridgehead atoms. The van der Waals surface area contributed by atoms with Gasteiger partial charge in [-0.1, -0.05) is 77.9 Å². The number of hydrogen-bond donors (Lipinski definition) is 1. The second-order valence-electron chi connectivity index (χ2n) is 9.39. The number of carbonyl (C=O) groups is 1. The third-order valence-corrected chi connectivity index (χ3v) is 7.83. The predicted molar refractivity (Wildman–Crippen MR) is 126 cm³/mol. The molecular weight excluding hydrogens is 504 g/mol. The first-order chi connectivity index (χ1) is 14.4. The van der Waals surface area contributed by atoms with Crippen molar-refractivity contribution < 1.29 is 4.79 Å². The zero-order valence-corrected chi connectivity index (χ0v) is 20.9. The van der Waals surface area contributed by atoms with Gasteiger partial charge in [-0.15, -0.1) is 0 Å². The fourth-order valence-corrected chi connectivity index (χ4v) is 6.22. The molecule has 2 fully saturated rings. The summed E-state index contributed by atoms with van der Waals surface area (Å²) < 4.78 is 0.272. The van der Waals surface area contributed by atoms with Gasteiger partial charge in [0.1, 0.15) is 10.7 Å². The van der Waals surface area contributed by atoms with Gasteiger partial charge >= 0.3 is 0 Å². The molecule has 5 atom stereocenters. The van der Waals surface area contributed by atoms with Gasteiger partial charge in [0.15, 0.2) is 0 Å². The molecule has 0 unspecified atom stereocenters. The topological polar surface area (TPSA) is 54.3 Å². The summed E-state index contributed by atoms with van der Waals surface area (Å²) in [7, 11) is 0. The van der Waals surface area contributed by atoms with Crippen molar-refractivity contribution in [1.82, 2.24) is 14.8 Å². The molecule has 170 valence electrons. The van der Waals surface area contributed by atoms with Crippen molar-refractivity contribution in [3.05, 3.63) is 44.8 Å². The number of carbonyl (C=O) groups excluding carboxylic acids is 1. The Kier molecular flexibility index (Phi) is 6.44. The second kappa shape index (κ2) is 8.41. The van der Waals surface area contributed by atoms with E-state index in [0.29, 0.717) is 19.6 Å². The lowest BCUT2D eigenvalue weighted by Gasteiger charge is -2.47. The largest absolute Gasteiger partial charge is 0.336 e. The number of piperidine rings is 1. The maximum Gasteiger partial charge on any atom is 0.250 e. The summed E-state index contributed by atoms with van der Waals surface area (Å²) in [6.07, 6.45) is 1.87. The Morgan fingerprint density at radius 1 is 1.23 bits per heavy atom. The van der Waals surface area contributed by atoms with E-state index in [-0.39, 0.29) is 45.0 Å². The van der Waals surface area contributed by atoms with Crippen molar-refractivity contribution >= 4 is 63.9 Å². The molecule has 3 heterocycles. The van der Waals surface area contributed by atoms with Crippen LogP contribution >= 0.6 is 58.0 Å². The molecule has 0 aromatic carbocycles. The predicted octanol–water partition coefficient (Wildman–Crippen LogP) is 4.67. The third-order valence-electron chi connectivity index (χ3n) is 6.96. The van der Waals surface area contributed by atoms with Crippen LogP contribution in [-0.2, 0) is 11.3 Å². The van der Waals surface area contributed by atoms with Crippen LogP contribution < -0.4 is 10.9 Å². The van der Waals surface area contributed by atoms with E-state index in [4.69, 9.17) is 58.0 Å². The first kappa shape index (κ1) is 23.7. The summed E-state index contributed by atoms with van der Waals surface area (Å²) in [5.41, 5.74) is 0.725. The van der Waals surface area contributed by atoms with Crippen LogP contribution in [0.3, 0.4) is 0 Å². The van der Waals surface area contributed by atoms with E-state index in [0.717, 1.165) is 12.1 Å². The van der Waals surface area contributed by atoms with Gasteiger partial charge in [-0.2, -0.15) is 0 Å². The first-order valence-electron chi connectivity index (χ1n) is 10.2. The van der Waals surface area contributed by atoms with Gasteiger partial charge in [0.05, 0.1) is 5.92 Å². The van der Waals surface area contributed by atoms with E-state index in [1.165, 1.54) is 0 Å². The van der Waals surface area contributed by atoms with E-state index in [1.54, 1.807) is 18.2 Å². The first-order valence-corrected chi connectivity index (χ1v) is 12.1. The van der Waals surface area contributed by atoms with Crippen molar-refractivity contribution in [3.8, 4) is 0 Å². The molecule has 4 rings (SSSR count). The Bertz CT molecular complexity index is 966. The molecule has 5 nitrogen and oxygen atoms in total. The Morgan fingerprint density at radius 2 is 1.94 bits per heavy atom. The molecule has 1 amide bonds. The molecule has 1 N–H and O–H groups in total. The highest BCUT2D eigenvalue weighted by Crippen LogP contribution is 2.60. The Morgan fingerprint density at radius 3 is 2.58 bits per heavy atom. The molecule has 0 spiro atoms. The quantitative estimate of drug-likeness (QED) is 0.579. The van der Waals surface area contributed by atoms with Gasteiger partial charge in [-0.3, -0.25) is 14.5 Å². The number of hydrogen-bond acceptors (Lipinski definition) is 3. The monoisotopic (exact) mass is 525 g/mol. The number of amides is 1. The third kappa shape index (κ3) is 4.64. The van der Waals surface area contributed by atoms with Crippen molar-refractivity contribution in [1.29, 1.82) is 0 Å². The van der Waals surface area contributed by atoms with Gasteiger partial charge < -0.3 is 9.88 Å². The summed E-state index contributed by atoms with van der Waals surface area (Å²) in [4.78, 5) is 27.4. The van der Waals surface area contributed by atoms with E-state index < -0.39 is 9.96 Å². The maximum atomic E-state index is 13.1. The average Bonchev–Trinajstić information content (AvgIpc) is 3.18. The molecule has 1 aliphatic carbocycles. The molecule has 1 aromatic rings. The van der Waals surface area contributed by atoms with Gasteiger partial charge in [0.25, 0.3) is 5.56 Å². The summed E-state index contributed by atoms with van der Waals surface area (Å²) in [5.74, 6) is -0.201.